The molecule has 4 N–H and O–H groups in total. The largest absolute Gasteiger partial charge is 0.351 e. The summed E-state index contributed by atoms with van der Waals surface area (Å²) in [5, 5.41) is 9.28. The monoisotopic (exact) mass is 333 g/mol. The molecule has 120 valence electrons. The molecule has 0 fully saturated rings. The Morgan fingerprint density at radius 3 is 2.57 bits per heavy atom. The van der Waals surface area contributed by atoms with Crippen molar-refractivity contribution >= 4 is 35.6 Å². The number of carbonyl (C=O) groups excluding carboxylic acids is 2. The number of hydrogen-bond donors (Lipinski definition) is 3. The van der Waals surface area contributed by atoms with E-state index in [9.17, 15) is 9.59 Å². The van der Waals surface area contributed by atoms with Crippen LogP contribution in [0.1, 0.15) is 37.6 Å². The molecule has 0 bridgehead atoms. The van der Waals surface area contributed by atoms with E-state index >= 15 is 0 Å². The van der Waals surface area contributed by atoms with Gasteiger partial charge in [-0.2, -0.15) is 11.3 Å². The van der Waals surface area contributed by atoms with Crippen LogP contribution >= 0.6 is 23.7 Å². The second-order valence-electron chi connectivity index (χ2n) is 5.34. The van der Waals surface area contributed by atoms with E-state index in [4.69, 9.17) is 5.73 Å². The number of nitrogens with two attached hydrogens (primary N) is 1. The molecule has 7 heteroatoms. The average molecular weight is 334 g/mol. The van der Waals surface area contributed by atoms with Crippen molar-refractivity contribution in [2.75, 3.05) is 13.1 Å². The first kappa shape index (κ1) is 19.9. The molecular weight excluding hydrogens is 310 g/mol. The van der Waals surface area contributed by atoms with Crippen LogP contribution in [0.3, 0.4) is 0 Å². The molecule has 0 aliphatic carbocycles. The highest BCUT2D eigenvalue weighted by Crippen LogP contribution is 2.14. The molecule has 0 aliphatic heterocycles. The van der Waals surface area contributed by atoms with Gasteiger partial charge in [0, 0.05) is 30.5 Å². The van der Waals surface area contributed by atoms with Crippen LogP contribution in [0.25, 0.3) is 0 Å². The Morgan fingerprint density at radius 2 is 2.10 bits per heavy atom. The molecule has 0 spiro atoms. The van der Waals surface area contributed by atoms with E-state index in [-0.39, 0.29) is 36.6 Å². The molecule has 0 saturated heterocycles. The molecule has 1 aromatic heterocycles. The zero-order valence-electron chi connectivity index (χ0n) is 12.6. The van der Waals surface area contributed by atoms with Crippen molar-refractivity contribution in [2.24, 2.45) is 11.7 Å². The fourth-order valence-electron chi connectivity index (χ4n) is 1.60. The minimum absolute atomic E-state index is 0. The summed E-state index contributed by atoms with van der Waals surface area (Å²) in [6.45, 7) is 6.67. The van der Waals surface area contributed by atoms with Gasteiger partial charge in [-0.25, -0.2) is 0 Å². The maximum atomic E-state index is 11.9. The molecule has 21 heavy (non-hydrogen) atoms. The third kappa shape index (κ3) is 6.03. The van der Waals surface area contributed by atoms with Gasteiger partial charge < -0.3 is 16.4 Å². The topological polar surface area (TPSA) is 84.2 Å². The van der Waals surface area contributed by atoms with Gasteiger partial charge in [0.25, 0.3) is 5.91 Å². The number of nitrogens with one attached hydrogen (secondary N) is 2. The number of amides is 2. The standard InChI is InChI=1S/C14H23N3O2S.ClH/c1-10(2)14(3,9-15)17-12(18)4-6-16-13(19)11-5-7-20-8-11;/h5,7-8,10H,4,6,9,15H2,1-3H3,(H,16,19)(H,17,18);1H. The first-order valence-electron chi connectivity index (χ1n) is 6.70. The second-order valence-corrected chi connectivity index (χ2v) is 6.12. The predicted octanol–water partition coefficient (Wildman–Crippen LogP) is 1.78. The highest BCUT2D eigenvalue weighted by Gasteiger charge is 2.28. The van der Waals surface area contributed by atoms with Gasteiger partial charge in [0.2, 0.25) is 5.91 Å². The lowest BCUT2D eigenvalue weighted by Gasteiger charge is -2.33. The third-order valence-electron chi connectivity index (χ3n) is 3.54. The van der Waals surface area contributed by atoms with Gasteiger partial charge in [-0.3, -0.25) is 9.59 Å². The summed E-state index contributed by atoms with van der Waals surface area (Å²) in [6.07, 6.45) is 0.248. The normalized spacial score (nSPS) is 13.2. The molecule has 1 aromatic rings. The van der Waals surface area contributed by atoms with Gasteiger partial charge in [-0.1, -0.05) is 13.8 Å². The molecule has 0 saturated carbocycles. The van der Waals surface area contributed by atoms with Crippen LogP contribution in [-0.2, 0) is 4.79 Å². The van der Waals surface area contributed by atoms with Gasteiger partial charge in [0.05, 0.1) is 5.54 Å². The van der Waals surface area contributed by atoms with Crippen molar-refractivity contribution in [3.63, 3.8) is 0 Å². The molecule has 1 rings (SSSR count). The third-order valence-corrected chi connectivity index (χ3v) is 4.23. The van der Waals surface area contributed by atoms with Crippen LogP contribution in [0.4, 0.5) is 0 Å². The maximum absolute atomic E-state index is 11.9. The number of halogens is 1. The number of carbonyl (C=O) groups is 2. The summed E-state index contributed by atoms with van der Waals surface area (Å²) in [6, 6.07) is 1.75. The first-order chi connectivity index (χ1) is 9.39. The Bertz CT molecular complexity index is 451. The van der Waals surface area contributed by atoms with E-state index in [1.165, 1.54) is 11.3 Å². The second kappa shape index (κ2) is 9.02. The van der Waals surface area contributed by atoms with Crippen molar-refractivity contribution in [1.82, 2.24) is 10.6 Å². The van der Waals surface area contributed by atoms with Crippen LogP contribution in [0.5, 0.6) is 0 Å². The summed E-state index contributed by atoms with van der Waals surface area (Å²) >= 11 is 1.47. The van der Waals surface area contributed by atoms with E-state index in [1.54, 1.807) is 11.4 Å². The summed E-state index contributed by atoms with van der Waals surface area (Å²) in [5.74, 6) is -0.00128. The van der Waals surface area contributed by atoms with E-state index in [2.05, 4.69) is 10.6 Å². The van der Waals surface area contributed by atoms with E-state index in [1.807, 2.05) is 26.2 Å². The van der Waals surface area contributed by atoms with Crippen molar-refractivity contribution in [1.29, 1.82) is 0 Å². The zero-order valence-corrected chi connectivity index (χ0v) is 14.3. The van der Waals surface area contributed by atoms with Crippen molar-refractivity contribution in [3.8, 4) is 0 Å². The minimum atomic E-state index is -0.408. The zero-order chi connectivity index (χ0) is 15.2. The number of hydrogen-bond acceptors (Lipinski definition) is 4. The Hall–Kier alpha value is -1.11. The molecule has 5 nitrogen and oxygen atoms in total. The first-order valence-corrected chi connectivity index (χ1v) is 7.65. The van der Waals surface area contributed by atoms with Gasteiger partial charge in [0.1, 0.15) is 0 Å². The summed E-state index contributed by atoms with van der Waals surface area (Å²) < 4.78 is 0. The molecular formula is C14H24ClN3O2S. The quantitative estimate of drug-likeness (QED) is 0.711. The Labute approximate surface area is 136 Å². The Morgan fingerprint density at radius 1 is 1.43 bits per heavy atom. The van der Waals surface area contributed by atoms with Gasteiger partial charge in [-0.15, -0.1) is 12.4 Å². The van der Waals surface area contributed by atoms with Crippen molar-refractivity contribution in [2.45, 2.75) is 32.7 Å². The lowest BCUT2D eigenvalue weighted by molar-refractivity contribution is -0.123. The smallest absolute Gasteiger partial charge is 0.252 e. The Balaban J connectivity index is 0.00000400. The maximum Gasteiger partial charge on any atom is 0.252 e. The fourth-order valence-corrected chi connectivity index (χ4v) is 2.23. The molecule has 1 atom stereocenters. The highest BCUT2D eigenvalue weighted by molar-refractivity contribution is 7.08. The summed E-state index contributed by atoms with van der Waals surface area (Å²) in [4.78, 5) is 23.6. The number of rotatable bonds is 7. The van der Waals surface area contributed by atoms with Gasteiger partial charge in [-0.05, 0) is 24.3 Å². The van der Waals surface area contributed by atoms with Gasteiger partial charge in [0.15, 0.2) is 0 Å². The Kier molecular flexibility index (Phi) is 8.54. The highest BCUT2D eigenvalue weighted by atomic mass is 35.5. The van der Waals surface area contributed by atoms with E-state index in [0.29, 0.717) is 18.7 Å². The molecule has 1 unspecified atom stereocenters. The van der Waals surface area contributed by atoms with Crippen LogP contribution in [0.2, 0.25) is 0 Å². The molecule has 2 amide bonds. The average Bonchev–Trinajstić information content (AvgIpc) is 2.92. The number of thiophene rings is 1. The van der Waals surface area contributed by atoms with Crippen LogP contribution < -0.4 is 16.4 Å². The molecule has 0 aliphatic rings. The molecule has 0 radical (unpaired) electrons. The minimum Gasteiger partial charge on any atom is -0.351 e. The SMILES string of the molecule is CC(C)C(C)(CN)NC(=O)CCNC(=O)c1ccsc1.Cl. The fraction of sp³-hybridized carbons (Fsp3) is 0.571. The van der Waals surface area contributed by atoms with Crippen LogP contribution in [0, 0.1) is 5.92 Å². The molecule has 1 heterocycles. The van der Waals surface area contributed by atoms with Crippen LogP contribution in [-0.4, -0.2) is 30.4 Å². The van der Waals surface area contributed by atoms with Gasteiger partial charge >= 0.3 is 0 Å². The van der Waals surface area contributed by atoms with Crippen LogP contribution in [0.15, 0.2) is 16.8 Å². The summed E-state index contributed by atoms with van der Waals surface area (Å²) in [7, 11) is 0. The van der Waals surface area contributed by atoms with Crippen molar-refractivity contribution < 1.29 is 9.59 Å². The lowest BCUT2D eigenvalue weighted by Crippen LogP contribution is -2.55. The summed E-state index contributed by atoms with van der Waals surface area (Å²) in [5.41, 5.74) is 5.93. The van der Waals surface area contributed by atoms with E-state index < -0.39 is 5.54 Å². The lowest BCUT2D eigenvalue weighted by atomic mass is 9.88. The van der Waals surface area contributed by atoms with Crippen molar-refractivity contribution in [3.05, 3.63) is 22.4 Å². The predicted molar refractivity (Wildman–Crippen MR) is 89.0 cm³/mol. The molecule has 0 aromatic carbocycles. The van der Waals surface area contributed by atoms with E-state index in [0.717, 1.165) is 0 Å².